The summed E-state index contributed by atoms with van der Waals surface area (Å²) in [5.74, 6) is -0.492. The van der Waals surface area contributed by atoms with Crippen LogP contribution in [0.2, 0.25) is 0 Å². The Morgan fingerprint density at radius 3 is 2.17 bits per heavy atom. The van der Waals surface area contributed by atoms with Crippen LogP contribution in [0.25, 0.3) is 5.57 Å². The van der Waals surface area contributed by atoms with Crippen LogP contribution >= 0.6 is 0 Å². The Bertz CT molecular complexity index is 459. The van der Waals surface area contributed by atoms with Crippen molar-refractivity contribution in [1.29, 1.82) is 0 Å². The summed E-state index contributed by atoms with van der Waals surface area (Å²) in [5, 5.41) is 0. The van der Waals surface area contributed by atoms with Gasteiger partial charge in [0.05, 0.1) is 20.5 Å². The summed E-state index contributed by atoms with van der Waals surface area (Å²) in [7, 11) is 2.73. The molecule has 0 bridgehead atoms. The molecular weight excluding hydrogens is 236 g/mol. The van der Waals surface area contributed by atoms with Crippen LogP contribution in [0.5, 0.6) is 5.75 Å². The molecular formula is C13H14O5. The number of ether oxygens (including phenoxy) is 3. The fraction of sp³-hybridized carbons (Fsp3) is 0.231. The van der Waals surface area contributed by atoms with Crippen LogP contribution < -0.4 is 4.74 Å². The molecule has 0 heterocycles. The molecule has 96 valence electrons. The Kier molecular flexibility index (Phi) is 4.92. The molecule has 0 radical (unpaired) electrons. The molecule has 0 aromatic heterocycles. The quantitative estimate of drug-likeness (QED) is 0.353. The minimum atomic E-state index is -0.503. The molecule has 5 nitrogen and oxygen atoms in total. The molecule has 0 amide bonds. The zero-order valence-electron chi connectivity index (χ0n) is 10.4. The van der Waals surface area contributed by atoms with Gasteiger partial charge >= 0.3 is 11.9 Å². The molecule has 1 rings (SSSR count). The summed E-state index contributed by atoms with van der Waals surface area (Å²) in [4.78, 5) is 22.3. The van der Waals surface area contributed by atoms with Crippen molar-refractivity contribution in [2.45, 2.75) is 6.92 Å². The lowest BCUT2D eigenvalue weighted by Crippen LogP contribution is -2.05. The Labute approximate surface area is 105 Å². The summed E-state index contributed by atoms with van der Waals surface area (Å²) < 4.78 is 14.4. The second kappa shape index (κ2) is 6.44. The molecule has 0 fully saturated rings. The summed E-state index contributed by atoms with van der Waals surface area (Å²) in [6, 6.07) is 6.45. The third kappa shape index (κ3) is 3.62. The average Bonchev–Trinajstić information content (AvgIpc) is 2.35. The van der Waals surface area contributed by atoms with Crippen LogP contribution in [-0.2, 0) is 19.1 Å². The van der Waals surface area contributed by atoms with Crippen LogP contribution in [-0.4, -0.2) is 26.2 Å². The molecule has 0 spiro atoms. The zero-order valence-corrected chi connectivity index (χ0v) is 10.4. The first-order valence-corrected chi connectivity index (χ1v) is 5.18. The van der Waals surface area contributed by atoms with Crippen molar-refractivity contribution >= 4 is 17.5 Å². The lowest BCUT2D eigenvalue weighted by atomic mass is 10.1. The first-order valence-electron chi connectivity index (χ1n) is 5.18. The van der Waals surface area contributed by atoms with Gasteiger partial charge in [-0.05, 0) is 17.7 Å². The number of rotatable bonds is 4. The molecule has 0 saturated heterocycles. The van der Waals surface area contributed by atoms with E-state index in [2.05, 4.69) is 4.74 Å². The van der Waals surface area contributed by atoms with E-state index in [4.69, 9.17) is 9.47 Å². The van der Waals surface area contributed by atoms with Gasteiger partial charge in [0.15, 0.2) is 0 Å². The monoisotopic (exact) mass is 250 g/mol. The number of methoxy groups -OCH3 is 2. The van der Waals surface area contributed by atoms with Gasteiger partial charge in [-0.3, -0.25) is 4.79 Å². The molecule has 0 unspecified atom stereocenters. The van der Waals surface area contributed by atoms with Gasteiger partial charge < -0.3 is 14.2 Å². The highest BCUT2D eigenvalue weighted by Gasteiger charge is 2.13. The molecule has 1 aromatic rings. The fourth-order valence-corrected chi connectivity index (χ4v) is 1.33. The van der Waals surface area contributed by atoms with Crippen LogP contribution in [0, 0.1) is 0 Å². The van der Waals surface area contributed by atoms with Gasteiger partial charge in [-0.1, -0.05) is 12.1 Å². The van der Waals surface area contributed by atoms with Gasteiger partial charge in [-0.25, -0.2) is 4.79 Å². The van der Waals surface area contributed by atoms with Gasteiger partial charge in [0.25, 0.3) is 0 Å². The van der Waals surface area contributed by atoms with Crippen molar-refractivity contribution in [3.05, 3.63) is 36.1 Å². The predicted molar refractivity (Wildman–Crippen MR) is 64.8 cm³/mol. The maximum Gasteiger partial charge on any atom is 0.341 e. The standard InChI is InChI=1S/C13H14O5/c1-9(14)18-11-6-4-10(5-7-11)12(8-16-2)13(15)17-3/h4-8H,1-3H3/b12-8-. The van der Waals surface area contributed by atoms with E-state index in [1.165, 1.54) is 27.4 Å². The molecule has 5 heteroatoms. The average molecular weight is 250 g/mol. The first kappa shape index (κ1) is 13.8. The van der Waals surface area contributed by atoms with Crippen molar-refractivity contribution < 1.29 is 23.8 Å². The highest BCUT2D eigenvalue weighted by Crippen LogP contribution is 2.20. The second-order valence-corrected chi connectivity index (χ2v) is 3.38. The lowest BCUT2D eigenvalue weighted by Gasteiger charge is -2.06. The molecule has 0 aliphatic carbocycles. The van der Waals surface area contributed by atoms with E-state index in [0.29, 0.717) is 11.3 Å². The van der Waals surface area contributed by atoms with Crippen molar-refractivity contribution in [1.82, 2.24) is 0 Å². The third-order valence-electron chi connectivity index (χ3n) is 2.07. The Hall–Kier alpha value is -2.30. The van der Waals surface area contributed by atoms with Crippen LogP contribution in [0.3, 0.4) is 0 Å². The SMILES string of the molecule is CO/C=C(\C(=O)OC)c1ccc(OC(C)=O)cc1. The van der Waals surface area contributed by atoms with E-state index in [9.17, 15) is 9.59 Å². The third-order valence-corrected chi connectivity index (χ3v) is 2.07. The van der Waals surface area contributed by atoms with Gasteiger partial charge in [0, 0.05) is 6.92 Å². The van der Waals surface area contributed by atoms with E-state index in [1.54, 1.807) is 24.3 Å². The van der Waals surface area contributed by atoms with Gasteiger partial charge in [-0.15, -0.1) is 0 Å². The molecule has 0 saturated carbocycles. The van der Waals surface area contributed by atoms with Gasteiger partial charge in [-0.2, -0.15) is 0 Å². The normalized spacial score (nSPS) is 10.7. The Balaban J connectivity index is 2.98. The number of hydrogen-bond donors (Lipinski definition) is 0. The number of hydrogen-bond acceptors (Lipinski definition) is 5. The minimum Gasteiger partial charge on any atom is -0.503 e. The van der Waals surface area contributed by atoms with Gasteiger partial charge in [0.2, 0.25) is 0 Å². The smallest absolute Gasteiger partial charge is 0.341 e. The molecule has 0 atom stereocenters. The fourth-order valence-electron chi connectivity index (χ4n) is 1.33. The van der Waals surface area contributed by atoms with Crippen LogP contribution in [0.4, 0.5) is 0 Å². The molecule has 18 heavy (non-hydrogen) atoms. The molecule has 0 aliphatic rings. The highest BCUT2D eigenvalue weighted by molar-refractivity contribution is 6.16. The van der Waals surface area contributed by atoms with Crippen molar-refractivity contribution in [2.24, 2.45) is 0 Å². The summed E-state index contributed by atoms with van der Waals surface area (Å²) in [5.41, 5.74) is 0.897. The van der Waals surface area contributed by atoms with Crippen molar-refractivity contribution in [2.75, 3.05) is 14.2 Å². The summed E-state index contributed by atoms with van der Waals surface area (Å²) in [6.45, 7) is 1.32. The van der Waals surface area contributed by atoms with Gasteiger partial charge in [0.1, 0.15) is 11.3 Å². The van der Waals surface area contributed by atoms with Crippen LogP contribution in [0.1, 0.15) is 12.5 Å². The number of esters is 2. The molecule has 0 aliphatic heterocycles. The lowest BCUT2D eigenvalue weighted by molar-refractivity contribution is -0.134. The summed E-state index contributed by atoms with van der Waals surface area (Å²) in [6.07, 6.45) is 1.30. The molecule has 0 N–H and O–H groups in total. The van der Waals surface area contributed by atoms with E-state index >= 15 is 0 Å². The first-order chi connectivity index (χ1) is 8.58. The maximum atomic E-state index is 11.5. The summed E-state index contributed by atoms with van der Waals surface area (Å²) >= 11 is 0. The minimum absolute atomic E-state index is 0.286. The largest absolute Gasteiger partial charge is 0.503 e. The number of carbonyl (C=O) groups excluding carboxylic acids is 2. The van der Waals surface area contributed by atoms with E-state index in [0.717, 1.165) is 0 Å². The Morgan fingerprint density at radius 2 is 1.72 bits per heavy atom. The Morgan fingerprint density at radius 1 is 1.11 bits per heavy atom. The van der Waals surface area contributed by atoms with Crippen molar-refractivity contribution in [3.8, 4) is 5.75 Å². The van der Waals surface area contributed by atoms with Crippen molar-refractivity contribution in [3.63, 3.8) is 0 Å². The predicted octanol–water partition coefficient (Wildman–Crippen LogP) is 1.77. The second-order valence-electron chi connectivity index (χ2n) is 3.38. The number of carbonyl (C=O) groups is 2. The highest BCUT2D eigenvalue weighted by atomic mass is 16.5. The van der Waals surface area contributed by atoms with E-state index < -0.39 is 11.9 Å². The topological polar surface area (TPSA) is 61.8 Å². The van der Waals surface area contributed by atoms with Crippen LogP contribution in [0.15, 0.2) is 30.5 Å². The zero-order chi connectivity index (χ0) is 13.5. The van der Waals surface area contributed by atoms with E-state index in [1.807, 2.05) is 0 Å². The molecule has 1 aromatic carbocycles. The number of benzene rings is 1. The van der Waals surface area contributed by atoms with E-state index in [-0.39, 0.29) is 5.57 Å². The maximum absolute atomic E-state index is 11.5.